The summed E-state index contributed by atoms with van der Waals surface area (Å²) in [5, 5.41) is 5.11. The third kappa shape index (κ3) is 3.51. The molecular weight excluding hydrogens is 304 g/mol. The van der Waals surface area contributed by atoms with Crippen LogP contribution in [-0.4, -0.2) is 16.5 Å². The Labute approximate surface area is 140 Å². The maximum absolute atomic E-state index is 6.31. The Morgan fingerprint density at radius 1 is 1.13 bits per heavy atom. The van der Waals surface area contributed by atoms with E-state index in [1.807, 2.05) is 43.2 Å². The standard InChI is InChI=1S/C18H20N4S/c1-18(2,3)21-16(19)22(17-20-10-11-23-17)15-9-8-13-6-4-5-7-14(13)12-15/h4-12H,1-3H3,(H2,19,21). The third-order valence-electron chi connectivity index (χ3n) is 3.28. The number of thiazole rings is 1. The molecule has 0 atom stereocenters. The zero-order valence-electron chi connectivity index (χ0n) is 13.5. The second kappa shape index (κ2) is 6.01. The molecule has 0 amide bonds. The molecule has 23 heavy (non-hydrogen) atoms. The summed E-state index contributed by atoms with van der Waals surface area (Å²) >= 11 is 1.54. The smallest absolute Gasteiger partial charge is 0.202 e. The molecule has 5 heteroatoms. The van der Waals surface area contributed by atoms with Crippen LogP contribution in [-0.2, 0) is 0 Å². The van der Waals surface area contributed by atoms with E-state index >= 15 is 0 Å². The van der Waals surface area contributed by atoms with Gasteiger partial charge in [-0.3, -0.25) is 4.90 Å². The Bertz CT molecular complexity index is 832. The molecule has 2 aromatic carbocycles. The lowest BCUT2D eigenvalue weighted by Crippen LogP contribution is -2.36. The van der Waals surface area contributed by atoms with E-state index in [9.17, 15) is 0 Å². The number of nitrogens with two attached hydrogens (primary N) is 1. The number of fused-ring (bicyclic) bond motifs is 1. The van der Waals surface area contributed by atoms with Crippen LogP contribution in [0.2, 0.25) is 0 Å². The minimum atomic E-state index is -0.254. The molecule has 0 aliphatic carbocycles. The van der Waals surface area contributed by atoms with Gasteiger partial charge in [-0.25, -0.2) is 9.98 Å². The van der Waals surface area contributed by atoms with Crippen LogP contribution in [0, 0.1) is 0 Å². The predicted molar refractivity (Wildman–Crippen MR) is 99.6 cm³/mol. The zero-order valence-corrected chi connectivity index (χ0v) is 14.3. The van der Waals surface area contributed by atoms with Crippen molar-refractivity contribution in [1.82, 2.24) is 4.98 Å². The molecule has 0 aliphatic rings. The Balaban J connectivity index is 2.12. The van der Waals surface area contributed by atoms with Crippen molar-refractivity contribution in [1.29, 1.82) is 0 Å². The largest absolute Gasteiger partial charge is 0.369 e. The first-order chi connectivity index (χ1) is 10.9. The highest BCUT2D eigenvalue weighted by Gasteiger charge is 2.19. The first kappa shape index (κ1) is 15.5. The SMILES string of the molecule is CC(C)(C)N=C(N)N(c1ccc2ccccc2c1)c1nccs1. The second-order valence-corrected chi connectivity index (χ2v) is 7.20. The summed E-state index contributed by atoms with van der Waals surface area (Å²) in [6.45, 7) is 6.08. The summed E-state index contributed by atoms with van der Waals surface area (Å²) in [5.74, 6) is 0.447. The van der Waals surface area contributed by atoms with Crippen LogP contribution in [0.4, 0.5) is 10.8 Å². The fourth-order valence-corrected chi connectivity index (χ4v) is 3.05. The van der Waals surface area contributed by atoms with Crippen LogP contribution in [0.5, 0.6) is 0 Å². The molecule has 1 aromatic heterocycles. The van der Waals surface area contributed by atoms with E-state index in [1.165, 1.54) is 16.7 Å². The van der Waals surface area contributed by atoms with Gasteiger partial charge in [-0.1, -0.05) is 30.3 Å². The lowest BCUT2D eigenvalue weighted by molar-refractivity contribution is 0.582. The van der Waals surface area contributed by atoms with Crippen LogP contribution < -0.4 is 10.6 Å². The van der Waals surface area contributed by atoms with E-state index < -0.39 is 0 Å². The van der Waals surface area contributed by atoms with Crippen molar-refractivity contribution in [2.75, 3.05) is 4.90 Å². The van der Waals surface area contributed by atoms with Gasteiger partial charge >= 0.3 is 0 Å². The average Bonchev–Trinajstić information content (AvgIpc) is 2.99. The first-order valence-electron chi connectivity index (χ1n) is 7.48. The summed E-state index contributed by atoms with van der Waals surface area (Å²) in [7, 11) is 0. The van der Waals surface area contributed by atoms with Crippen molar-refractivity contribution in [3.8, 4) is 0 Å². The molecule has 0 bridgehead atoms. The lowest BCUT2D eigenvalue weighted by atomic mass is 10.1. The number of benzene rings is 2. The van der Waals surface area contributed by atoms with Gasteiger partial charge in [-0.2, -0.15) is 0 Å². The van der Waals surface area contributed by atoms with Crippen LogP contribution in [0.1, 0.15) is 20.8 Å². The minimum absolute atomic E-state index is 0.254. The molecule has 0 aliphatic heterocycles. The molecule has 2 N–H and O–H groups in total. The second-order valence-electron chi connectivity index (χ2n) is 6.32. The van der Waals surface area contributed by atoms with Crippen molar-refractivity contribution < 1.29 is 0 Å². The van der Waals surface area contributed by atoms with Crippen LogP contribution >= 0.6 is 11.3 Å². The molecule has 0 unspecified atom stereocenters. The van der Waals surface area contributed by atoms with Crippen molar-refractivity contribution in [2.45, 2.75) is 26.3 Å². The van der Waals surface area contributed by atoms with E-state index in [0.29, 0.717) is 5.96 Å². The maximum atomic E-state index is 6.31. The molecule has 4 nitrogen and oxygen atoms in total. The minimum Gasteiger partial charge on any atom is -0.369 e. The van der Waals surface area contributed by atoms with E-state index in [-0.39, 0.29) is 5.54 Å². The molecular formula is C18H20N4S. The molecule has 3 rings (SSSR count). The van der Waals surface area contributed by atoms with E-state index in [2.05, 4.69) is 40.3 Å². The van der Waals surface area contributed by atoms with Gasteiger partial charge in [0.05, 0.1) is 11.2 Å². The molecule has 0 saturated carbocycles. The van der Waals surface area contributed by atoms with Gasteiger partial charge in [-0.05, 0) is 43.7 Å². The molecule has 0 saturated heterocycles. The predicted octanol–water partition coefficient (Wildman–Crippen LogP) is 4.55. The highest BCUT2D eigenvalue weighted by molar-refractivity contribution is 7.13. The number of nitrogens with zero attached hydrogens (tertiary/aromatic N) is 3. The monoisotopic (exact) mass is 324 g/mol. The highest BCUT2D eigenvalue weighted by Crippen LogP contribution is 2.30. The molecule has 0 radical (unpaired) electrons. The molecule has 1 heterocycles. The Kier molecular flexibility index (Phi) is 4.05. The first-order valence-corrected chi connectivity index (χ1v) is 8.36. The van der Waals surface area contributed by atoms with Crippen molar-refractivity contribution in [2.24, 2.45) is 10.7 Å². The van der Waals surface area contributed by atoms with Crippen LogP contribution in [0.15, 0.2) is 59.0 Å². The summed E-state index contributed by atoms with van der Waals surface area (Å²) in [5.41, 5.74) is 7.02. The summed E-state index contributed by atoms with van der Waals surface area (Å²) < 4.78 is 0. The Morgan fingerprint density at radius 2 is 1.87 bits per heavy atom. The fraction of sp³-hybridized carbons (Fsp3) is 0.222. The van der Waals surface area contributed by atoms with Gasteiger partial charge in [-0.15, -0.1) is 11.3 Å². The van der Waals surface area contributed by atoms with Gasteiger partial charge in [0.25, 0.3) is 0 Å². The van der Waals surface area contributed by atoms with E-state index in [0.717, 1.165) is 16.2 Å². The summed E-state index contributed by atoms with van der Waals surface area (Å²) in [6, 6.07) is 14.5. The maximum Gasteiger partial charge on any atom is 0.202 e. The molecule has 0 spiro atoms. The highest BCUT2D eigenvalue weighted by atomic mass is 32.1. The van der Waals surface area contributed by atoms with Gasteiger partial charge < -0.3 is 5.73 Å². The van der Waals surface area contributed by atoms with Crippen molar-refractivity contribution in [3.63, 3.8) is 0 Å². The Hall–Kier alpha value is -2.40. The van der Waals surface area contributed by atoms with Gasteiger partial charge in [0.15, 0.2) is 5.13 Å². The molecule has 3 aromatic rings. The topological polar surface area (TPSA) is 54.5 Å². The summed E-state index contributed by atoms with van der Waals surface area (Å²) in [4.78, 5) is 10.9. The zero-order chi connectivity index (χ0) is 16.4. The number of rotatable bonds is 2. The lowest BCUT2D eigenvalue weighted by Gasteiger charge is -2.24. The van der Waals surface area contributed by atoms with Gasteiger partial charge in [0, 0.05) is 11.6 Å². The Morgan fingerprint density at radius 3 is 2.52 bits per heavy atom. The number of hydrogen-bond acceptors (Lipinski definition) is 3. The van der Waals surface area contributed by atoms with Crippen LogP contribution in [0.25, 0.3) is 10.8 Å². The fourth-order valence-electron chi connectivity index (χ4n) is 2.38. The van der Waals surface area contributed by atoms with Crippen molar-refractivity contribution >= 4 is 38.9 Å². The molecule has 118 valence electrons. The molecule has 0 fully saturated rings. The van der Waals surface area contributed by atoms with Gasteiger partial charge in [0.2, 0.25) is 5.96 Å². The van der Waals surface area contributed by atoms with Gasteiger partial charge in [0.1, 0.15) is 0 Å². The third-order valence-corrected chi connectivity index (χ3v) is 4.04. The number of aliphatic imine (C=N–C) groups is 1. The number of hydrogen-bond donors (Lipinski definition) is 1. The normalized spacial score (nSPS) is 12.6. The number of guanidine groups is 1. The summed E-state index contributed by atoms with van der Waals surface area (Å²) in [6.07, 6.45) is 1.78. The average molecular weight is 324 g/mol. The number of aromatic nitrogens is 1. The van der Waals surface area contributed by atoms with Crippen molar-refractivity contribution in [3.05, 3.63) is 54.0 Å². The van der Waals surface area contributed by atoms with E-state index in [1.54, 1.807) is 6.20 Å². The van der Waals surface area contributed by atoms with Crippen LogP contribution in [0.3, 0.4) is 0 Å². The van der Waals surface area contributed by atoms with E-state index in [4.69, 9.17) is 5.73 Å². The number of anilines is 2. The quantitative estimate of drug-likeness (QED) is 0.556.